The Morgan fingerprint density at radius 1 is 1.22 bits per heavy atom. The number of nitrogens with one attached hydrogen (secondary N) is 1. The number of carbonyl (C=O) groups excluding carboxylic acids is 2. The fourth-order valence-corrected chi connectivity index (χ4v) is 3.10. The van der Waals surface area contributed by atoms with Crippen LogP contribution in [0, 0.1) is 5.82 Å². The summed E-state index contributed by atoms with van der Waals surface area (Å²) in [5.74, 6) is -0.795. The predicted octanol–water partition coefficient (Wildman–Crippen LogP) is 3.58. The number of aldehydes is 1. The number of hydrogen-bond acceptors (Lipinski definition) is 4. The summed E-state index contributed by atoms with van der Waals surface area (Å²) in [6, 6.07) is 8.57. The highest BCUT2D eigenvalue weighted by Gasteiger charge is 2.24. The van der Waals surface area contributed by atoms with E-state index in [1.165, 1.54) is 12.1 Å². The molecule has 5 nitrogen and oxygen atoms in total. The first-order chi connectivity index (χ1) is 13.1. The molecule has 1 aliphatic rings. The third-order valence-corrected chi connectivity index (χ3v) is 4.38. The van der Waals surface area contributed by atoms with Crippen LogP contribution in [-0.2, 0) is 14.4 Å². The number of rotatable bonds is 7. The number of allylic oxidation sites excluding steroid dienone is 2. The average molecular weight is 366 g/mol. The van der Waals surface area contributed by atoms with E-state index in [1.807, 2.05) is 25.1 Å². The van der Waals surface area contributed by atoms with Gasteiger partial charge in [0, 0.05) is 12.4 Å². The van der Waals surface area contributed by atoms with E-state index in [0.29, 0.717) is 12.7 Å². The highest BCUT2D eigenvalue weighted by atomic mass is 19.1. The van der Waals surface area contributed by atoms with Gasteiger partial charge < -0.3 is 4.79 Å². The van der Waals surface area contributed by atoms with Gasteiger partial charge in [-0.1, -0.05) is 6.07 Å². The van der Waals surface area contributed by atoms with Gasteiger partial charge in [0.15, 0.2) is 0 Å². The molecule has 0 unspecified atom stereocenters. The highest BCUT2D eigenvalue weighted by molar-refractivity contribution is 6.05. The molecule has 1 aromatic carbocycles. The van der Waals surface area contributed by atoms with Crippen molar-refractivity contribution in [1.29, 1.82) is 0 Å². The summed E-state index contributed by atoms with van der Waals surface area (Å²) >= 11 is 0. The van der Waals surface area contributed by atoms with E-state index in [9.17, 15) is 14.0 Å². The zero-order valence-electron chi connectivity index (χ0n) is 14.9. The number of fused-ring (bicyclic) bond motifs is 1. The summed E-state index contributed by atoms with van der Waals surface area (Å²) in [4.78, 5) is 30.7. The van der Waals surface area contributed by atoms with E-state index in [1.54, 1.807) is 18.5 Å². The lowest BCUT2D eigenvalue weighted by atomic mass is 10.0. The molecule has 0 atom stereocenters. The van der Waals surface area contributed by atoms with Crippen LogP contribution in [-0.4, -0.2) is 23.8 Å². The van der Waals surface area contributed by atoms with Crippen molar-refractivity contribution in [3.8, 4) is 0 Å². The summed E-state index contributed by atoms with van der Waals surface area (Å²) in [6.07, 6.45) is 6.27. The molecule has 0 fully saturated rings. The van der Waals surface area contributed by atoms with Gasteiger partial charge in [-0.2, -0.15) is 0 Å². The maximum Gasteiger partial charge on any atom is 0.250 e. The summed E-state index contributed by atoms with van der Waals surface area (Å²) in [5.41, 5.74) is 8.05. The van der Waals surface area contributed by atoms with Gasteiger partial charge in [-0.3, -0.25) is 14.6 Å². The monoisotopic (exact) mass is 366 g/mol. The molecule has 0 saturated heterocycles. The van der Waals surface area contributed by atoms with Crippen molar-refractivity contribution in [2.45, 2.75) is 19.8 Å². The maximum absolute atomic E-state index is 13.8. The molecule has 0 bridgehead atoms. The Balaban J connectivity index is 1.83. The molecule has 0 saturated carbocycles. The second kappa shape index (κ2) is 8.51. The number of nitrogens with zero attached hydrogens (tertiary/aromatic N) is 1. The molecule has 3 rings (SSSR count). The quantitative estimate of drug-likeness (QED) is 0.352. The number of carbonyl (C=O) groups is 2. The van der Waals surface area contributed by atoms with Gasteiger partial charge >= 0.3 is 0 Å². The van der Waals surface area contributed by atoms with Crippen molar-refractivity contribution in [3.63, 3.8) is 0 Å². The van der Waals surface area contributed by atoms with Gasteiger partial charge in [-0.25, -0.2) is 9.87 Å². The van der Waals surface area contributed by atoms with Crippen LogP contribution in [0.5, 0.6) is 0 Å². The zero-order chi connectivity index (χ0) is 19.2. The first-order valence-corrected chi connectivity index (χ1v) is 8.56. The van der Waals surface area contributed by atoms with Crippen LogP contribution < -0.4 is 5.48 Å². The molecule has 2 aromatic rings. The van der Waals surface area contributed by atoms with Crippen LogP contribution in [0.3, 0.4) is 0 Å². The van der Waals surface area contributed by atoms with Crippen LogP contribution >= 0.6 is 0 Å². The molecule has 0 radical (unpaired) electrons. The summed E-state index contributed by atoms with van der Waals surface area (Å²) in [6.45, 7) is 2.21. The van der Waals surface area contributed by atoms with Crippen LogP contribution in [0.4, 0.5) is 4.39 Å². The molecule has 138 valence electrons. The Morgan fingerprint density at radius 3 is 2.74 bits per heavy atom. The Hall–Kier alpha value is -3.12. The normalized spacial score (nSPS) is 14.4. The van der Waals surface area contributed by atoms with Crippen molar-refractivity contribution in [2.24, 2.45) is 0 Å². The molecule has 1 aliphatic carbocycles. The largest absolute Gasteiger partial charge is 0.303 e. The predicted molar refractivity (Wildman–Crippen MR) is 100 cm³/mol. The number of hydrogen-bond donors (Lipinski definition) is 1. The Bertz CT molecular complexity index is 920. The number of benzene rings is 1. The van der Waals surface area contributed by atoms with Crippen molar-refractivity contribution in [1.82, 2.24) is 10.5 Å². The lowest BCUT2D eigenvalue weighted by molar-refractivity contribution is -0.134. The minimum Gasteiger partial charge on any atom is -0.303 e. The summed E-state index contributed by atoms with van der Waals surface area (Å²) in [7, 11) is 0. The third-order valence-electron chi connectivity index (χ3n) is 4.38. The van der Waals surface area contributed by atoms with Gasteiger partial charge in [-0.15, -0.1) is 0 Å². The number of hydroxylamine groups is 1. The van der Waals surface area contributed by atoms with Crippen LogP contribution in [0.25, 0.3) is 17.2 Å². The Kier molecular flexibility index (Phi) is 5.88. The summed E-state index contributed by atoms with van der Waals surface area (Å²) in [5, 5.41) is 0. The molecule has 0 aliphatic heterocycles. The van der Waals surface area contributed by atoms with Gasteiger partial charge in [0.1, 0.15) is 12.1 Å². The second-order valence-corrected chi connectivity index (χ2v) is 6.13. The lowest BCUT2D eigenvalue weighted by Crippen LogP contribution is -2.24. The molecule has 1 N–H and O–H groups in total. The van der Waals surface area contributed by atoms with E-state index in [-0.39, 0.29) is 18.8 Å². The Labute approximate surface area is 156 Å². The van der Waals surface area contributed by atoms with Crippen molar-refractivity contribution < 1.29 is 18.8 Å². The standard InChI is InChI=1S/C21H19FN2O3/c1-14-17(7-11-27-24-21(26)6-10-25)20-13-16(22)2-3-18(20)19(14)12-15-4-8-23-9-5-15/h2-5,8-10,12-13H,6-7,11H2,1H3,(H,24,26)/b19-12-. The smallest absolute Gasteiger partial charge is 0.250 e. The van der Waals surface area contributed by atoms with E-state index in [0.717, 1.165) is 33.4 Å². The van der Waals surface area contributed by atoms with E-state index < -0.39 is 5.91 Å². The molecular weight excluding hydrogens is 347 g/mol. The van der Waals surface area contributed by atoms with E-state index >= 15 is 0 Å². The number of halogens is 1. The first kappa shape index (κ1) is 18.7. The lowest BCUT2D eigenvalue weighted by Gasteiger charge is -2.08. The van der Waals surface area contributed by atoms with Crippen LogP contribution in [0.1, 0.15) is 36.5 Å². The second-order valence-electron chi connectivity index (χ2n) is 6.13. The third kappa shape index (κ3) is 4.35. The molecule has 1 amide bonds. The number of amides is 1. The maximum atomic E-state index is 13.8. The van der Waals surface area contributed by atoms with Crippen molar-refractivity contribution >= 4 is 29.4 Å². The van der Waals surface area contributed by atoms with Crippen LogP contribution in [0.2, 0.25) is 0 Å². The fraction of sp³-hybridized carbons (Fsp3) is 0.190. The van der Waals surface area contributed by atoms with E-state index in [4.69, 9.17) is 4.84 Å². The van der Waals surface area contributed by atoms with Crippen molar-refractivity contribution in [2.75, 3.05) is 6.61 Å². The van der Waals surface area contributed by atoms with Gasteiger partial charge in [0.25, 0.3) is 5.91 Å². The topological polar surface area (TPSA) is 68.3 Å². The number of aromatic nitrogens is 1. The molecule has 27 heavy (non-hydrogen) atoms. The van der Waals surface area contributed by atoms with E-state index in [2.05, 4.69) is 10.5 Å². The molecule has 1 heterocycles. The minimum atomic E-state index is -0.494. The summed E-state index contributed by atoms with van der Waals surface area (Å²) < 4.78 is 13.8. The molecular formula is C21H19FN2O3. The molecule has 6 heteroatoms. The van der Waals surface area contributed by atoms with Crippen molar-refractivity contribution in [3.05, 3.63) is 70.8 Å². The van der Waals surface area contributed by atoms with Gasteiger partial charge in [0.05, 0.1) is 13.0 Å². The molecule has 1 aromatic heterocycles. The number of pyridine rings is 1. The SMILES string of the molecule is CC1=C(CCONC(=O)CC=O)c2cc(F)ccc2/C1=C\c1ccncc1. The fourth-order valence-electron chi connectivity index (χ4n) is 3.10. The zero-order valence-corrected chi connectivity index (χ0v) is 14.9. The molecule has 0 spiro atoms. The average Bonchev–Trinajstić information content (AvgIpc) is 2.91. The Morgan fingerprint density at radius 2 is 2.00 bits per heavy atom. The first-order valence-electron chi connectivity index (χ1n) is 8.56. The van der Waals surface area contributed by atoms with Crippen LogP contribution in [0.15, 0.2) is 48.3 Å². The highest BCUT2D eigenvalue weighted by Crippen LogP contribution is 2.43. The minimum absolute atomic E-state index is 0.218. The van der Waals surface area contributed by atoms with Gasteiger partial charge in [-0.05, 0) is 77.1 Å². The van der Waals surface area contributed by atoms with Gasteiger partial charge in [0.2, 0.25) is 0 Å².